The van der Waals surface area contributed by atoms with Crippen LogP contribution < -0.4 is 4.90 Å². The summed E-state index contributed by atoms with van der Waals surface area (Å²) in [6, 6.07) is 12.9. The number of nitrogens with zero attached hydrogens (tertiary/aromatic N) is 6. The van der Waals surface area contributed by atoms with Gasteiger partial charge in [0.05, 0.1) is 5.52 Å². The highest BCUT2D eigenvalue weighted by atomic mass is 15.2. The van der Waals surface area contributed by atoms with Crippen molar-refractivity contribution in [3.63, 3.8) is 0 Å². The molecule has 0 aliphatic rings. The molecule has 0 saturated carbocycles. The first-order chi connectivity index (χ1) is 15.1. The van der Waals surface area contributed by atoms with Crippen LogP contribution in [0.5, 0.6) is 0 Å². The van der Waals surface area contributed by atoms with Crippen LogP contribution in [0.2, 0.25) is 0 Å². The van der Waals surface area contributed by atoms with E-state index in [0.29, 0.717) is 0 Å². The van der Waals surface area contributed by atoms with Crippen LogP contribution >= 0.6 is 0 Å². The summed E-state index contributed by atoms with van der Waals surface area (Å²) >= 11 is 0. The fourth-order valence-electron chi connectivity index (χ4n) is 4.10. The van der Waals surface area contributed by atoms with Gasteiger partial charge in [-0.3, -0.25) is 0 Å². The lowest BCUT2D eigenvalue weighted by Gasteiger charge is -2.30. The Bertz CT molecular complexity index is 926. The highest BCUT2D eigenvalue weighted by molar-refractivity contribution is 5.77. The predicted octanol–water partition coefficient (Wildman–Crippen LogP) is 4.13. The quantitative estimate of drug-likeness (QED) is 0.439. The first-order valence-corrected chi connectivity index (χ1v) is 11.7. The van der Waals surface area contributed by atoms with E-state index in [1.165, 1.54) is 5.69 Å². The molecule has 0 spiro atoms. The second-order valence-corrected chi connectivity index (χ2v) is 7.93. The zero-order valence-electron chi connectivity index (χ0n) is 19.9. The van der Waals surface area contributed by atoms with Crippen molar-refractivity contribution in [2.45, 2.75) is 27.7 Å². The van der Waals surface area contributed by atoms with E-state index in [-0.39, 0.29) is 0 Å². The maximum absolute atomic E-state index is 4.80. The Kier molecular flexibility index (Phi) is 8.43. The lowest BCUT2D eigenvalue weighted by atomic mass is 10.1. The third kappa shape index (κ3) is 5.63. The molecule has 0 saturated heterocycles. The first kappa shape index (κ1) is 23.2. The van der Waals surface area contributed by atoms with Crippen molar-refractivity contribution in [3.05, 3.63) is 42.6 Å². The highest BCUT2D eigenvalue weighted by Crippen LogP contribution is 2.26. The topological polar surface area (TPSA) is 40.4 Å². The fourth-order valence-corrected chi connectivity index (χ4v) is 4.10. The van der Waals surface area contributed by atoms with Gasteiger partial charge in [-0.25, -0.2) is 9.97 Å². The summed E-state index contributed by atoms with van der Waals surface area (Å²) in [5, 5.41) is 0. The number of likely N-dealkylation sites (N-methyl/N-ethyl adjacent to an activating group) is 2. The molecule has 1 aromatic carbocycles. The number of hydrogen-bond acceptors (Lipinski definition) is 5. The Morgan fingerprint density at radius 1 is 0.806 bits per heavy atom. The first-order valence-electron chi connectivity index (χ1n) is 11.7. The fraction of sp³-hybridized carbons (Fsp3) is 0.520. The molecule has 0 amide bonds. The van der Waals surface area contributed by atoms with Gasteiger partial charge in [-0.2, -0.15) is 0 Å². The number of anilines is 1. The molecular weight excluding hydrogens is 384 g/mol. The molecule has 2 aromatic heterocycles. The molecular formula is C25H38N6. The molecule has 168 valence electrons. The van der Waals surface area contributed by atoms with Gasteiger partial charge in [0.15, 0.2) is 5.65 Å². The van der Waals surface area contributed by atoms with Crippen LogP contribution in [0.15, 0.2) is 42.6 Å². The standard InChI is InChI=1S/C25H38N6/c1-6-29(7-2)16-18-31(19-17-30(8-3)9-4)22-13-10-12-21(20-22)25-27-24-23(28(25)5)14-11-15-26-24/h10-15,20H,6-9,16-19H2,1-5H3. The van der Waals surface area contributed by atoms with Gasteiger partial charge in [-0.1, -0.05) is 39.8 Å². The van der Waals surface area contributed by atoms with Gasteiger partial charge in [0.1, 0.15) is 5.82 Å². The van der Waals surface area contributed by atoms with Crippen LogP contribution in [0, 0.1) is 0 Å². The van der Waals surface area contributed by atoms with E-state index in [9.17, 15) is 0 Å². The summed E-state index contributed by atoms with van der Waals surface area (Å²) in [6.45, 7) is 17.5. The summed E-state index contributed by atoms with van der Waals surface area (Å²) in [5.41, 5.74) is 4.25. The van der Waals surface area contributed by atoms with Crippen LogP contribution in [-0.2, 0) is 7.05 Å². The summed E-state index contributed by atoms with van der Waals surface area (Å²) < 4.78 is 2.14. The Hall–Kier alpha value is -2.44. The average molecular weight is 423 g/mol. The van der Waals surface area contributed by atoms with E-state index in [1.54, 1.807) is 6.20 Å². The van der Waals surface area contributed by atoms with Gasteiger partial charge in [-0.05, 0) is 50.4 Å². The van der Waals surface area contributed by atoms with Gasteiger partial charge in [0, 0.05) is 50.7 Å². The van der Waals surface area contributed by atoms with Crippen molar-refractivity contribution >= 4 is 16.9 Å². The van der Waals surface area contributed by atoms with Gasteiger partial charge in [0.25, 0.3) is 0 Å². The molecule has 0 unspecified atom stereocenters. The molecule has 0 radical (unpaired) electrons. The van der Waals surface area contributed by atoms with Gasteiger partial charge < -0.3 is 19.3 Å². The molecule has 3 rings (SSSR count). The minimum Gasteiger partial charge on any atom is -0.369 e. The van der Waals surface area contributed by atoms with Crippen molar-refractivity contribution < 1.29 is 0 Å². The van der Waals surface area contributed by atoms with Gasteiger partial charge >= 0.3 is 0 Å². The lowest BCUT2D eigenvalue weighted by Crippen LogP contribution is -2.40. The number of aryl methyl sites for hydroxylation is 1. The molecule has 0 bridgehead atoms. The van der Waals surface area contributed by atoms with Crippen molar-refractivity contribution in [1.82, 2.24) is 24.3 Å². The Morgan fingerprint density at radius 2 is 1.45 bits per heavy atom. The normalized spacial score (nSPS) is 11.7. The molecule has 6 heteroatoms. The molecule has 0 aliphatic carbocycles. The molecule has 31 heavy (non-hydrogen) atoms. The minimum atomic E-state index is 0.797. The van der Waals surface area contributed by atoms with Gasteiger partial charge in [-0.15, -0.1) is 0 Å². The number of imidazole rings is 1. The maximum Gasteiger partial charge on any atom is 0.178 e. The third-order valence-electron chi connectivity index (χ3n) is 6.29. The van der Waals surface area contributed by atoms with Crippen LogP contribution in [-0.4, -0.2) is 76.7 Å². The van der Waals surface area contributed by atoms with Crippen LogP contribution in [0.3, 0.4) is 0 Å². The lowest BCUT2D eigenvalue weighted by molar-refractivity contribution is 0.294. The Balaban J connectivity index is 1.88. The maximum atomic E-state index is 4.80. The Morgan fingerprint density at radius 3 is 2.03 bits per heavy atom. The van der Waals surface area contributed by atoms with Crippen LogP contribution in [0.4, 0.5) is 5.69 Å². The summed E-state index contributed by atoms with van der Waals surface area (Å²) in [7, 11) is 2.07. The Labute approximate surface area is 187 Å². The second-order valence-electron chi connectivity index (χ2n) is 7.93. The van der Waals surface area contributed by atoms with Crippen molar-refractivity contribution in [2.75, 3.05) is 57.3 Å². The average Bonchev–Trinajstić information content (AvgIpc) is 3.15. The smallest absolute Gasteiger partial charge is 0.178 e. The molecule has 0 aliphatic heterocycles. The third-order valence-corrected chi connectivity index (χ3v) is 6.29. The van der Waals surface area contributed by atoms with E-state index in [2.05, 4.69) is 89.3 Å². The number of fused-ring (bicyclic) bond motifs is 1. The van der Waals surface area contributed by atoms with Crippen LogP contribution in [0.1, 0.15) is 27.7 Å². The van der Waals surface area contributed by atoms with E-state index < -0.39 is 0 Å². The van der Waals surface area contributed by atoms with Crippen molar-refractivity contribution in [3.8, 4) is 11.4 Å². The minimum absolute atomic E-state index is 0.797. The number of rotatable bonds is 12. The molecule has 0 atom stereocenters. The number of aromatic nitrogens is 3. The summed E-state index contributed by atoms with van der Waals surface area (Å²) in [5.74, 6) is 0.961. The number of hydrogen-bond donors (Lipinski definition) is 0. The monoisotopic (exact) mass is 422 g/mol. The largest absolute Gasteiger partial charge is 0.369 e. The van der Waals surface area contributed by atoms with E-state index in [0.717, 1.165) is 74.9 Å². The predicted molar refractivity (Wildman–Crippen MR) is 132 cm³/mol. The molecule has 0 N–H and O–H groups in total. The molecule has 0 fully saturated rings. The molecule has 3 aromatic rings. The van der Waals surface area contributed by atoms with Gasteiger partial charge in [0.2, 0.25) is 0 Å². The van der Waals surface area contributed by atoms with Crippen molar-refractivity contribution in [1.29, 1.82) is 0 Å². The second kappa shape index (κ2) is 11.3. The molecule has 2 heterocycles. The number of benzene rings is 1. The van der Waals surface area contributed by atoms with E-state index in [1.807, 2.05) is 6.07 Å². The zero-order valence-corrected chi connectivity index (χ0v) is 19.9. The summed E-state index contributed by atoms with van der Waals surface area (Å²) in [6.07, 6.45) is 1.80. The van der Waals surface area contributed by atoms with E-state index >= 15 is 0 Å². The van der Waals surface area contributed by atoms with E-state index in [4.69, 9.17) is 4.98 Å². The molecule has 6 nitrogen and oxygen atoms in total. The van der Waals surface area contributed by atoms with Crippen LogP contribution in [0.25, 0.3) is 22.6 Å². The SMILES string of the molecule is CCN(CC)CCN(CCN(CC)CC)c1cccc(-c2nc3ncccc3n2C)c1. The number of pyridine rings is 1. The summed E-state index contributed by atoms with van der Waals surface area (Å²) in [4.78, 5) is 16.7. The zero-order chi connectivity index (χ0) is 22.2. The highest BCUT2D eigenvalue weighted by Gasteiger charge is 2.14. The van der Waals surface area contributed by atoms with Crippen molar-refractivity contribution in [2.24, 2.45) is 7.05 Å².